The minimum absolute atomic E-state index is 0.0384. The number of amides is 1. The Morgan fingerprint density at radius 1 is 1.13 bits per heavy atom. The first-order valence-corrected chi connectivity index (χ1v) is 13.2. The fourth-order valence-corrected chi connectivity index (χ4v) is 6.20. The second-order valence-corrected chi connectivity index (χ2v) is 11.1. The highest BCUT2D eigenvalue weighted by Gasteiger charge is 2.35. The minimum Gasteiger partial charge on any atom is -0.494 e. The molecule has 1 atom stereocenters. The molecular formula is C23H29NO4S2. The molecule has 162 valence electrons. The van der Waals surface area contributed by atoms with Gasteiger partial charge in [0.2, 0.25) is 5.91 Å². The average molecular weight is 448 g/mol. The van der Waals surface area contributed by atoms with Gasteiger partial charge in [-0.25, -0.2) is 8.42 Å². The number of aryl methyl sites for hydroxylation is 2. The second-order valence-electron chi connectivity index (χ2n) is 7.73. The van der Waals surface area contributed by atoms with Crippen LogP contribution in [0.25, 0.3) is 0 Å². The predicted octanol–water partition coefficient (Wildman–Crippen LogP) is 4.03. The van der Waals surface area contributed by atoms with E-state index in [4.69, 9.17) is 4.74 Å². The van der Waals surface area contributed by atoms with Crippen molar-refractivity contribution in [3.05, 3.63) is 59.7 Å². The molecule has 0 bridgehead atoms. The summed E-state index contributed by atoms with van der Waals surface area (Å²) in [5, 5.41) is 0. The summed E-state index contributed by atoms with van der Waals surface area (Å²) in [7, 11) is -3.06. The molecule has 1 fully saturated rings. The first-order valence-electron chi connectivity index (χ1n) is 10.2. The molecule has 5 nitrogen and oxygen atoms in total. The van der Waals surface area contributed by atoms with Crippen molar-refractivity contribution in [2.45, 2.75) is 32.7 Å². The number of carbonyl (C=O) groups excluding carboxylic acids is 1. The van der Waals surface area contributed by atoms with E-state index in [1.807, 2.05) is 42.5 Å². The normalized spacial score (nSPS) is 17.6. The van der Waals surface area contributed by atoms with Crippen molar-refractivity contribution in [2.75, 3.05) is 34.5 Å². The molecule has 0 spiro atoms. The highest BCUT2D eigenvalue weighted by Crippen LogP contribution is 2.25. The van der Waals surface area contributed by atoms with E-state index < -0.39 is 9.84 Å². The van der Waals surface area contributed by atoms with Crippen LogP contribution in [0.5, 0.6) is 5.75 Å². The maximum absolute atomic E-state index is 12.9. The van der Waals surface area contributed by atoms with Crippen LogP contribution in [-0.2, 0) is 14.6 Å². The molecule has 0 saturated carbocycles. The number of carbonyl (C=O) groups is 1. The summed E-state index contributed by atoms with van der Waals surface area (Å²) in [4.78, 5) is 14.6. The number of ether oxygens (including phenoxy) is 1. The Morgan fingerprint density at radius 3 is 2.47 bits per heavy atom. The van der Waals surface area contributed by atoms with Crippen LogP contribution in [0.4, 0.5) is 5.69 Å². The molecule has 0 radical (unpaired) electrons. The van der Waals surface area contributed by atoms with Gasteiger partial charge in [-0.15, -0.1) is 0 Å². The smallest absolute Gasteiger partial charge is 0.237 e. The number of anilines is 1. The fraction of sp³-hybridized carbons (Fsp3) is 0.435. The van der Waals surface area contributed by atoms with Crippen LogP contribution in [0.15, 0.2) is 48.5 Å². The van der Waals surface area contributed by atoms with E-state index in [-0.39, 0.29) is 23.5 Å². The molecular weight excluding hydrogens is 418 g/mol. The molecule has 1 heterocycles. The van der Waals surface area contributed by atoms with Gasteiger partial charge in [0, 0.05) is 5.69 Å². The van der Waals surface area contributed by atoms with Crippen molar-refractivity contribution in [3.63, 3.8) is 0 Å². The number of nitrogens with zero attached hydrogens (tertiary/aromatic N) is 1. The lowest BCUT2D eigenvalue weighted by Gasteiger charge is -2.28. The molecule has 30 heavy (non-hydrogen) atoms. The Hall–Kier alpha value is -1.99. The van der Waals surface area contributed by atoms with Crippen LogP contribution < -0.4 is 9.64 Å². The largest absolute Gasteiger partial charge is 0.494 e. The number of rotatable bonds is 9. The van der Waals surface area contributed by atoms with E-state index in [1.54, 1.807) is 16.7 Å². The molecule has 7 heteroatoms. The molecule has 0 aromatic heterocycles. The van der Waals surface area contributed by atoms with Crippen LogP contribution in [0, 0.1) is 13.8 Å². The number of sulfone groups is 1. The van der Waals surface area contributed by atoms with E-state index >= 15 is 0 Å². The van der Waals surface area contributed by atoms with Crippen molar-refractivity contribution < 1.29 is 17.9 Å². The van der Waals surface area contributed by atoms with Crippen molar-refractivity contribution in [2.24, 2.45) is 0 Å². The second kappa shape index (κ2) is 10.4. The summed E-state index contributed by atoms with van der Waals surface area (Å²) < 4.78 is 29.7. The quantitative estimate of drug-likeness (QED) is 0.543. The molecule has 0 N–H and O–H groups in total. The number of hydrogen-bond donors (Lipinski definition) is 0. The van der Waals surface area contributed by atoms with E-state index in [0.29, 0.717) is 18.8 Å². The maximum atomic E-state index is 12.9. The SMILES string of the molecule is Cc1cc(C)cc(OCCCSCC(=O)N(c2ccccc2)C2CCS(=O)(=O)C2)c1. The highest BCUT2D eigenvalue weighted by atomic mass is 32.2. The van der Waals surface area contributed by atoms with Crippen LogP contribution in [0.2, 0.25) is 0 Å². The number of benzene rings is 2. The number of para-hydroxylation sites is 1. The molecule has 1 amide bonds. The third-order valence-electron chi connectivity index (χ3n) is 5.00. The lowest BCUT2D eigenvalue weighted by Crippen LogP contribution is -2.42. The Bertz CT molecular complexity index is 940. The topological polar surface area (TPSA) is 63.7 Å². The van der Waals surface area contributed by atoms with Gasteiger partial charge < -0.3 is 9.64 Å². The van der Waals surface area contributed by atoms with Gasteiger partial charge in [-0.3, -0.25) is 4.79 Å². The van der Waals surface area contributed by atoms with E-state index in [1.165, 1.54) is 11.1 Å². The molecule has 2 aromatic rings. The average Bonchev–Trinajstić information content (AvgIpc) is 3.04. The lowest BCUT2D eigenvalue weighted by molar-refractivity contribution is -0.116. The zero-order valence-electron chi connectivity index (χ0n) is 17.5. The summed E-state index contributed by atoms with van der Waals surface area (Å²) in [6.07, 6.45) is 1.34. The Kier molecular flexibility index (Phi) is 7.83. The summed E-state index contributed by atoms with van der Waals surface area (Å²) >= 11 is 1.56. The van der Waals surface area contributed by atoms with Crippen molar-refractivity contribution in [1.29, 1.82) is 0 Å². The summed E-state index contributed by atoms with van der Waals surface area (Å²) in [6, 6.07) is 15.3. The Morgan fingerprint density at radius 2 is 1.83 bits per heavy atom. The molecule has 0 aliphatic carbocycles. The number of hydrogen-bond acceptors (Lipinski definition) is 5. The molecule has 1 aliphatic rings. The Balaban J connectivity index is 1.49. The standard InChI is InChI=1S/C23H29NO4S2/c1-18-13-19(2)15-22(14-18)28-10-6-11-29-16-23(25)24(20-7-4-3-5-8-20)21-9-12-30(26,27)17-21/h3-5,7-8,13-15,21H,6,9-12,16-17H2,1-2H3. The third-order valence-corrected chi connectivity index (χ3v) is 7.78. The zero-order chi connectivity index (χ0) is 21.6. The van der Waals surface area contributed by atoms with Gasteiger partial charge in [0.25, 0.3) is 0 Å². The van der Waals surface area contributed by atoms with Gasteiger partial charge in [-0.2, -0.15) is 11.8 Å². The van der Waals surface area contributed by atoms with Gasteiger partial charge in [0.1, 0.15) is 5.75 Å². The molecule has 1 unspecified atom stereocenters. The zero-order valence-corrected chi connectivity index (χ0v) is 19.2. The summed E-state index contributed by atoms with van der Waals surface area (Å²) in [6.45, 7) is 4.71. The Labute approximate surface area is 183 Å². The van der Waals surface area contributed by atoms with Gasteiger partial charge >= 0.3 is 0 Å². The fourth-order valence-electron chi connectivity index (χ4n) is 3.72. The van der Waals surface area contributed by atoms with Gasteiger partial charge in [0.05, 0.1) is 29.9 Å². The monoisotopic (exact) mass is 447 g/mol. The third kappa shape index (κ3) is 6.51. The summed E-state index contributed by atoms with van der Waals surface area (Å²) in [5.74, 6) is 2.17. The molecule has 3 rings (SSSR count). The first-order chi connectivity index (χ1) is 14.3. The van der Waals surface area contributed by atoms with Gasteiger partial charge in [-0.05, 0) is 67.8 Å². The number of thioether (sulfide) groups is 1. The van der Waals surface area contributed by atoms with Crippen LogP contribution >= 0.6 is 11.8 Å². The lowest BCUT2D eigenvalue weighted by atomic mass is 10.1. The van der Waals surface area contributed by atoms with E-state index in [2.05, 4.69) is 19.9 Å². The van der Waals surface area contributed by atoms with Crippen LogP contribution in [0.1, 0.15) is 24.0 Å². The van der Waals surface area contributed by atoms with E-state index in [0.717, 1.165) is 23.6 Å². The molecule has 1 saturated heterocycles. The minimum atomic E-state index is -3.06. The van der Waals surface area contributed by atoms with Crippen LogP contribution in [-0.4, -0.2) is 50.0 Å². The predicted molar refractivity (Wildman–Crippen MR) is 124 cm³/mol. The van der Waals surface area contributed by atoms with Gasteiger partial charge in [-0.1, -0.05) is 24.3 Å². The first kappa shape index (κ1) is 22.7. The maximum Gasteiger partial charge on any atom is 0.237 e. The van der Waals surface area contributed by atoms with E-state index in [9.17, 15) is 13.2 Å². The molecule has 2 aromatic carbocycles. The van der Waals surface area contributed by atoms with Crippen molar-refractivity contribution in [1.82, 2.24) is 0 Å². The van der Waals surface area contributed by atoms with Crippen LogP contribution in [0.3, 0.4) is 0 Å². The van der Waals surface area contributed by atoms with Crippen molar-refractivity contribution >= 4 is 33.2 Å². The highest BCUT2D eigenvalue weighted by molar-refractivity contribution is 7.99. The molecule has 1 aliphatic heterocycles. The van der Waals surface area contributed by atoms with Gasteiger partial charge in [0.15, 0.2) is 9.84 Å². The summed E-state index contributed by atoms with van der Waals surface area (Å²) in [5.41, 5.74) is 3.13. The van der Waals surface area contributed by atoms with Crippen molar-refractivity contribution in [3.8, 4) is 5.75 Å².